The highest BCUT2D eigenvalue weighted by atomic mass is 19.1. The lowest BCUT2D eigenvalue weighted by molar-refractivity contribution is 0.0600. The topological polar surface area (TPSA) is 66.5 Å². The van der Waals surface area contributed by atoms with Gasteiger partial charge in [0.25, 0.3) is 0 Å². The molecule has 0 saturated heterocycles. The molecule has 2 N–H and O–H groups in total. The number of halogens is 2. The van der Waals surface area contributed by atoms with Crippen LogP contribution < -0.4 is 10.5 Å². The number of carbonyl (C=O) groups excluding carboxylic acids is 1. The van der Waals surface area contributed by atoms with E-state index in [-0.39, 0.29) is 12.4 Å². The maximum absolute atomic E-state index is 14.3. The zero-order valence-corrected chi connectivity index (χ0v) is 19.1. The second-order valence-electron chi connectivity index (χ2n) is 7.95. The van der Waals surface area contributed by atoms with Crippen LogP contribution in [-0.2, 0) is 11.3 Å². The van der Waals surface area contributed by atoms with Crippen molar-refractivity contribution in [1.82, 2.24) is 4.57 Å². The molecule has 0 atom stereocenters. The maximum atomic E-state index is 14.3. The number of hydrogen-bond donors (Lipinski definition) is 1. The van der Waals surface area contributed by atoms with Crippen LogP contribution in [0, 0.1) is 25.5 Å². The quantitative estimate of drug-likeness (QED) is 0.282. The molecule has 0 aliphatic heterocycles. The standard InChI is InChI=1S/C27H24F2N2O3/c1-16-4-10-25(31(16)21-13-22(27(32)33-3)17(2)24(30)14-21)23-12-20(29)9-11-26(23)34-15-18-5-7-19(28)8-6-18/h4-14H,15,30H2,1-3H3. The predicted molar refractivity (Wildman–Crippen MR) is 127 cm³/mol. The summed E-state index contributed by atoms with van der Waals surface area (Å²) in [6.07, 6.45) is 0. The van der Waals surface area contributed by atoms with E-state index in [0.717, 1.165) is 11.3 Å². The van der Waals surface area contributed by atoms with Gasteiger partial charge in [-0.25, -0.2) is 13.6 Å². The van der Waals surface area contributed by atoms with Crippen molar-refractivity contribution >= 4 is 11.7 Å². The molecule has 0 saturated carbocycles. The van der Waals surface area contributed by atoms with Crippen LogP contribution in [0.5, 0.6) is 5.75 Å². The van der Waals surface area contributed by atoms with Gasteiger partial charge in [-0.05, 0) is 79.6 Å². The summed E-state index contributed by atoms with van der Waals surface area (Å²) in [5.74, 6) is -0.791. The zero-order chi connectivity index (χ0) is 24.4. The summed E-state index contributed by atoms with van der Waals surface area (Å²) in [7, 11) is 1.31. The lowest BCUT2D eigenvalue weighted by Crippen LogP contribution is -2.09. The van der Waals surface area contributed by atoms with Crippen molar-refractivity contribution in [3.63, 3.8) is 0 Å². The molecule has 0 aliphatic rings. The fraction of sp³-hybridized carbons (Fsp3) is 0.148. The third-order valence-electron chi connectivity index (χ3n) is 5.70. The van der Waals surface area contributed by atoms with Crippen LogP contribution in [0.15, 0.2) is 66.7 Å². The summed E-state index contributed by atoms with van der Waals surface area (Å²) < 4.78 is 40.3. The minimum absolute atomic E-state index is 0.183. The molecule has 0 radical (unpaired) electrons. The minimum Gasteiger partial charge on any atom is -0.488 e. The number of nitrogen functional groups attached to an aromatic ring is 1. The van der Waals surface area contributed by atoms with E-state index in [4.69, 9.17) is 15.2 Å². The second-order valence-corrected chi connectivity index (χ2v) is 7.95. The van der Waals surface area contributed by atoms with E-state index < -0.39 is 11.8 Å². The number of ether oxygens (including phenoxy) is 2. The summed E-state index contributed by atoms with van der Waals surface area (Å²) >= 11 is 0. The highest BCUT2D eigenvalue weighted by Gasteiger charge is 2.19. The SMILES string of the molecule is COC(=O)c1cc(-n2c(C)ccc2-c2cc(F)ccc2OCc2ccc(F)cc2)cc(N)c1C. The molecule has 0 aliphatic carbocycles. The smallest absolute Gasteiger partial charge is 0.338 e. The van der Waals surface area contributed by atoms with E-state index in [2.05, 4.69) is 0 Å². The third kappa shape index (κ3) is 4.50. The summed E-state index contributed by atoms with van der Waals surface area (Å²) in [6.45, 7) is 3.83. The average molecular weight is 462 g/mol. The number of rotatable bonds is 6. The number of benzene rings is 3. The molecule has 174 valence electrons. The lowest BCUT2D eigenvalue weighted by Gasteiger charge is -2.18. The number of carbonyl (C=O) groups is 1. The van der Waals surface area contributed by atoms with Crippen molar-refractivity contribution in [2.45, 2.75) is 20.5 Å². The number of nitrogens with zero attached hydrogens (tertiary/aromatic N) is 1. The Morgan fingerprint density at radius 1 is 0.941 bits per heavy atom. The molecule has 1 aromatic heterocycles. The number of hydrogen-bond acceptors (Lipinski definition) is 4. The number of nitrogens with two attached hydrogens (primary N) is 1. The number of aromatic nitrogens is 1. The van der Waals surface area contributed by atoms with Gasteiger partial charge in [-0.3, -0.25) is 0 Å². The molecular formula is C27H24F2N2O3. The van der Waals surface area contributed by atoms with Gasteiger partial charge >= 0.3 is 5.97 Å². The molecule has 7 heteroatoms. The summed E-state index contributed by atoms with van der Waals surface area (Å²) in [5, 5.41) is 0. The van der Waals surface area contributed by atoms with Gasteiger partial charge in [-0.1, -0.05) is 12.1 Å². The monoisotopic (exact) mass is 462 g/mol. The Hall–Kier alpha value is -4.13. The van der Waals surface area contributed by atoms with E-state index in [1.807, 2.05) is 23.6 Å². The van der Waals surface area contributed by atoms with Crippen LogP contribution in [0.1, 0.15) is 27.2 Å². The van der Waals surface area contributed by atoms with Gasteiger partial charge in [0.05, 0.1) is 18.4 Å². The van der Waals surface area contributed by atoms with Crippen molar-refractivity contribution in [3.8, 4) is 22.7 Å². The summed E-state index contributed by atoms with van der Waals surface area (Å²) in [4.78, 5) is 12.3. The Labute approximate surface area is 196 Å². The molecule has 3 aromatic carbocycles. The molecule has 4 aromatic rings. The van der Waals surface area contributed by atoms with Crippen molar-refractivity contribution in [1.29, 1.82) is 0 Å². The van der Waals surface area contributed by atoms with Crippen molar-refractivity contribution in [3.05, 3.63) is 101 Å². The molecule has 0 unspecified atom stereocenters. The van der Waals surface area contributed by atoms with Gasteiger partial charge in [0.15, 0.2) is 0 Å². The highest BCUT2D eigenvalue weighted by Crippen LogP contribution is 2.36. The maximum Gasteiger partial charge on any atom is 0.338 e. The molecule has 5 nitrogen and oxygen atoms in total. The minimum atomic E-state index is -0.494. The van der Waals surface area contributed by atoms with Gasteiger partial charge in [0.2, 0.25) is 0 Å². The van der Waals surface area contributed by atoms with Crippen LogP contribution in [0.25, 0.3) is 16.9 Å². The molecule has 0 fully saturated rings. The van der Waals surface area contributed by atoms with Crippen LogP contribution >= 0.6 is 0 Å². The van der Waals surface area contributed by atoms with Crippen molar-refractivity contribution in [2.24, 2.45) is 0 Å². The van der Waals surface area contributed by atoms with Gasteiger partial charge in [0.1, 0.15) is 24.0 Å². The Morgan fingerprint density at radius 2 is 1.65 bits per heavy atom. The van der Waals surface area contributed by atoms with E-state index in [1.54, 1.807) is 37.3 Å². The Kier molecular flexibility index (Phi) is 6.36. The normalized spacial score (nSPS) is 10.9. The first-order chi connectivity index (χ1) is 16.3. The molecule has 34 heavy (non-hydrogen) atoms. The number of esters is 1. The first kappa shape index (κ1) is 23.0. The lowest BCUT2D eigenvalue weighted by atomic mass is 10.0. The zero-order valence-electron chi connectivity index (χ0n) is 19.1. The van der Waals surface area contributed by atoms with Gasteiger partial charge < -0.3 is 19.8 Å². The Balaban J connectivity index is 1.79. The third-order valence-corrected chi connectivity index (χ3v) is 5.70. The van der Waals surface area contributed by atoms with Crippen LogP contribution in [0.4, 0.5) is 14.5 Å². The Morgan fingerprint density at radius 3 is 2.35 bits per heavy atom. The van der Waals surface area contributed by atoms with Gasteiger partial charge in [-0.15, -0.1) is 0 Å². The molecule has 1 heterocycles. The molecule has 0 spiro atoms. The fourth-order valence-electron chi connectivity index (χ4n) is 3.83. The summed E-state index contributed by atoms with van der Waals surface area (Å²) in [6, 6.07) is 17.5. The molecule has 4 rings (SSSR count). The number of methoxy groups -OCH3 is 1. The van der Waals surface area contributed by atoms with Crippen molar-refractivity contribution < 1.29 is 23.0 Å². The average Bonchev–Trinajstić information content (AvgIpc) is 3.21. The first-order valence-corrected chi connectivity index (χ1v) is 10.6. The molecular weight excluding hydrogens is 438 g/mol. The van der Waals surface area contributed by atoms with E-state index in [0.29, 0.717) is 39.5 Å². The van der Waals surface area contributed by atoms with Crippen molar-refractivity contribution in [2.75, 3.05) is 12.8 Å². The van der Waals surface area contributed by atoms with Crippen LogP contribution in [0.2, 0.25) is 0 Å². The molecule has 0 amide bonds. The Bertz CT molecular complexity index is 1360. The fourth-order valence-corrected chi connectivity index (χ4v) is 3.83. The molecule has 0 bridgehead atoms. The van der Waals surface area contributed by atoms with E-state index in [9.17, 15) is 13.6 Å². The van der Waals surface area contributed by atoms with E-state index >= 15 is 0 Å². The number of aryl methyl sites for hydroxylation is 1. The van der Waals surface area contributed by atoms with Gasteiger partial charge in [-0.2, -0.15) is 0 Å². The first-order valence-electron chi connectivity index (χ1n) is 10.6. The van der Waals surface area contributed by atoms with Crippen LogP contribution in [0.3, 0.4) is 0 Å². The predicted octanol–water partition coefficient (Wildman–Crippen LogP) is 5.99. The van der Waals surface area contributed by atoms with E-state index in [1.165, 1.54) is 31.4 Å². The second kappa shape index (κ2) is 9.39. The van der Waals surface area contributed by atoms with Gasteiger partial charge in [0, 0.05) is 22.6 Å². The van der Waals surface area contributed by atoms with Crippen LogP contribution in [-0.4, -0.2) is 17.6 Å². The largest absolute Gasteiger partial charge is 0.488 e. The number of anilines is 1. The highest BCUT2D eigenvalue weighted by molar-refractivity contribution is 5.93. The summed E-state index contributed by atoms with van der Waals surface area (Å²) in [5.41, 5.74) is 11.0.